The maximum Gasteiger partial charge on any atom is -0.0134 e. The smallest absolute Gasteiger partial charge is 0.0134 e. The third-order valence-electron chi connectivity index (χ3n) is 1.14. The van der Waals surface area contributed by atoms with Crippen molar-refractivity contribution in [1.82, 2.24) is 0 Å². The fourth-order valence-corrected chi connectivity index (χ4v) is 1.49. The van der Waals surface area contributed by atoms with Crippen LogP contribution in [0.1, 0.15) is 39.5 Å². The molecule has 9 heavy (non-hydrogen) atoms. The van der Waals surface area contributed by atoms with E-state index in [2.05, 4.69) is 42.5 Å². The Morgan fingerprint density at radius 2 is 2.00 bits per heavy atom. The average Bonchev–Trinajstić information content (AvgIpc) is 1.85. The summed E-state index contributed by atoms with van der Waals surface area (Å²) in [6.07, 6.45) is 7.40. The van der Waals surface area contributed by atoms with Gasteiger partial charge in [0.1, 0.15) is 0 Å². The van der Waals surface area contributed by atoms with Gasteiger partial charge in [0.05, 0.1) is 0 Å². The maximum absolute atomic E-state index is 2.43. The average molecular weight is 238 g/mol. The molecule has 0 spiro atoms. The molecule has 0 amide bonds. The first-order valence-corrected chi connectivity index (χ1v) is 4.73. The second kappa shape index (κ2) is 6.59. The van der Waals surface area contributed by atoms with Gasteiger partial charge in [-0.25, -0.2) is 0 Å². The minimum atomic E-state index is 1.25. The van der Waals surface area contributed by atoms with Crippen molar-refractivity contribution in [2.24, 2.45) is 0 Å². The van der Waals surface area contributed by atoms with E-state index in [0.717, 1.165) is 0 Å². The molecule has 0 aromatic rings. The predicted molar refractivity (Wildman–Crippen MR) is 51.9 cm³/mol. The first-order chi connectivity index (χ1) is 4.31. The first-order valence-electron chi connectivity index (χ1n) is 3.65. The van der Waals surface area contributed by atoms with Gasteiger partial charge in [-0.2, -0.15) is 0 Å². The second-order valence-electron chi connectivity index (χ2n) is 2.19. The predicted octanol–water partition coefficient (Wildman–Crippen LogP) is 3.91. The van der Waals surface area contributed by atoms with Gasteiger partial charge in [0.15, 0.2) is 0 Å². The van der Waals surface area contributed by atoms with E-state index in [4.69, 9.17) is 0 Å². The zero-order chi connectivity index (χ0) is 7.11. The lowest BCUT2D eigenvalue weighted by atomic mass is 10.2. The number of unbranched alkanes of at least 4 members (excludes halogenated alkanes) is 1. The van der Waals surface area contributed by atoms with E-state index < -0.39 is 0 Å². The monoisotopic (exact) mass is 238 g/mol. The van der Waals surface area contributed by atoms with Crippen LogP contribution < -0.4 is 0 Å². The van der Waals surface area contributed by atoms with Crippen LogP contribution in [-0.4, -0.2) is 0 Å². The summed E-state index contributed by atoms with van der Waals surface area (Å²) in [6.45, 7) is 4.44. The summed E-state index contributed by atoms with van der Waals surface area (Å²) in [5, 5.41) is 0. The third kappa shape index (κ3) is 6.35. The van der Waals surface area contributed by atoms with Crippen LogP contribution in [0.4, 0.5) is 0 Å². The molecule has 0 saturated carbocycles. The van der Waals surface area contributed by atoms with Crippen molar-refractivity contribution in [3.63, 3.8) is 0 Å². The molecule has 0 N–H and O–H groups in total. The number of hydrogen-bond acceptors (Lipinski definition) is 0. The molecule has 0 bridgehead atoms. The molecule has 0 saturated heterocycles. The summed E-state index contributed by atoms with van der Waals surface area (Å²) in [6, 6.07) is 0. The minimum Gasteiger partial charge on any atom is -0.0752 e. The van der Waals surface area contributed by atoms with Crippen LogP contribution in [0.15, 0.2) is 9.66 Å². The third-order valence-corrected chi connectivity index (χ3v) is 2.12. The molecule has 0 radical (unpaired) electrons. The Bertz CT molecular complexity index is 84.6. The molecule has 0 rings (SSSR count). The molecule has 0 unspecified atom stereocenters. The highest BCUT2D eigenvalue weighted by Crippen LogP contribution is 2.14. The van der Waals surface area contributed by atoms with Gasteiger partial charge in [-0.1, -0.05) is 32.8 Å². The largest absolute Gasteiger partial charge is 0.0752 e. The molecule has 0 aromatic heterocycles. The zero-order valence-electron chi connectivity index (χ0n) is 6.28. The molecule has 0 atom stereocenters. The highest BCUT2D eigenvalue weighted by Gasteiger charge is 1.86. The molecule has 0 aliphatic heterocycles. The highest BCUT2D eigenvalue weighted by molar-refractivity contribution is 14.1. The van der Waals surface area contributed by atoms with Crippen LogP contribution in [0, 0.1) is 0 Å². The van der Waals surface area contributed by atoms with E-state index >= 15 is 0 Å². The van der Waals surface area contributed by atoms with Crippen molar-refractivity contribution in [1.29, 1.82) is 0 Å². The van der Waals surface area contributed by atoms with Crippen LogP contribution >= 0.6 is 22.6 Å². The lowest BCUT2D eigenvalue weighted by Crippen LogP contribution is -1.70. The lowest BCUT2D eigenvalue weighted by molar-refractivity contribution is 0.917. The van der Waals surface area contributed by atoms with Crippen LogP contribution in [0.25, 0.3) is 0 Å². The minimum absolute atomic E-state index is 1.25. The van der Waals surface area contributed by atoms with Gasteiger partial charge in [0, 0.05) is 0 Å². The molecular weight excluding hydrogens is 223 g/mol. The Morgan fingerprint density at radius 3 is 2.44 bits per heavy atom. The standard InChI is InChI=1S/C8H15I/c1-3-5-7-8(9)6-4-2/h7H,3-6H2,1-2H3/b8-7-. The van der Waals surface area contributed by atoms with Gasteiger partial charge in [-0.05, 0) is 39.0 Å². The summed E-state index contributed by atoms with van der Waals surface area (Å²) in [4.78, 5) is 0. The molecule has 0 aliphatic rings. The summed E-state index contributed by atoms with van der Waals surface area (Å²) < 4.78 is 1.52. The van der Waals surface area contributed by atoms with Crippen molar-refractivity contribution >= 4 is 22.6 Å². The van der Waals surface area contributed by atoms with Gasteiger partial charge in [0.25, 0.3) is 0 Å². The van der Waals surface area contributed by atoms with Crippen LogP contribution in [0.3, 0.4) is 0 Å². The summed E-state index contributed by atoms with van der Waals surface area (Å²) >= 11 is 2.43. The molecule has 54 valence electrons. The Morgan fingerprint density at radius 1 is 1.33 bits per heavy atom. The Kier molecular flexibility index (Phi) is 6.93. The fraction of sp³-hybridized carbons (Fsp3) is 0.750. The quantitative estimate of drug-likeness (QED) is 0.651. The summed E-state index contributed by atoms with van der Waals surface area (Å²) in [7, 11) is 0. The van der Waals surface area contributed by atoms with E-state index in [-0.39, 0.29) is 0 Å². The molecule has 0 heterocycles. The van der Waals surface area contributed by atoms with Crippen LogP contribution in [0.5, 0.6) is 0 Å². The van der Waals surface area contributed by atoms with Crippen molar-refractivity contribution < 1.29 is 0 Å². The molecule has 1 heteroatoms. The van der Waals surface area contributed by atoms with E-state index in [0.29, 0.717) is 0 Å². The van der Waals surface area contributed by atoms with Gasteiger partial charge in [0.2, 0.25) is 0 Å². The van der Waals surface area contributed by atoms with E-state index in [1.165, 1.54) is 29.3 Å². The van der Waals surface area contributed by atoms with Crippen molar-refractivity contribution in [2.45, 2.75) is 39.5 Å². The second-order valence-corrected chi connectivity index (χ2v) is 3.58. The van der Waals surface area contributed by atoms with Crippen LogP contribution in [-0.2, 0) is 0 Å². The normalized spacial score (nSPS) is 12.1. The van der Waals surface area contributed by atoms with Crippen molar-refractivity contribution in [3.8, 4) is 0 Å². The van der Waals surface area contributed by atoms with Gasteiger partial charge in [-0.15, -0.1) is 0 Å². The molecule has 0 aliphatic carbocycles. The Labute approximate surface area is 71.9 Å². The number of rotatable bonds is 4. The molecule has 0 nitrogen and oxygen atoms in total. The van der Waals surface area contributed by atoms with Gasteiger partial charge in [-0.3, -0.25) is 0 Å². The van der Waals surface area contributed by atoms with E-state index in [9.17, 15) is 0 Å². The Balaban J connectivity index is 3.30. The number of hydrogen-bond donors (Lipinski definition) is 0. The van der Waals surface area contributed by atoms with Crippen molar-refractivity contribution in [2.75, 3.05) is 0 Å². The first kappa shape index (κ1) is 9.47. The summed E-state index contributed by atoms with van der Waals surface area (Å²) in [5.41, 5.74) is 0. The lowest BCUT2D eigenvalue weighted by Gasteiger charge is -1.92. The fourth-order valence-electron chi connectivity index (χ4n) is 0.642. The van der Waals surface area contributed by atoms with E-state index in [1.807, 2.05) is 0 Å². The SMILES string of the molecule is CCC/C=C(\I)CCC. The van der Waals surface area contributed by atoms with E-state index in [1.54, 1.807) is 0 Å². The van der Waals surface area contributed by atoms with Crippen LogP contribution in [0.2, 0.25) is 0 Å². The highest BCUT2D eigenvalue weighted by atomic mass is 127. The molecular formula is C8H15I. The van der Waals surface area contributed by atoms with Gasteiger partial charge >= 0.3 is 0 Å². The molecule has 0 aromatic carbocycles. The summed E-state index contributed by atoms with van der Waals surface area (Å²) in [5.74, 6) is 0. The maximum atomic E-state index is 2.43. The Hall–Kier alpha value is 0.470. The van der Waals surface area contributed by atoms with Crippen molar-refractivity contribution in [3.05, 3.63) is 9.66 Å². The number of halogens is 1. The van der Waals surface area contributed by atoms with Gasteiger partial charge < -0.3 is 0 Å². The zero-order valence-corrected chi connectivity index (χ0v) is 8.44. The number of allylic oxidation sites excluding steroid dienone is 2. The molecule has 0 fully saturated rings. The topological polar surface area (TPSA) is 0 Å².